The molecule has 0 radical (unpaired) electrons. The second-order valence-corrected chi connectivity index (χ2v) is 6.03. The molecule has 20 heavy (non-hydrogen) atoms. The molecule has 0 amide bonds. The second-order valence-electron chi connectivity index (χ2n) is 6.03. The first-order valence-electron chi connectivity index (χ1n) is 7.75. The van der Waals surface area contributed by atoms with E-state index in [1.165, 1.54) is 24.1 Å². The zero-order valence-electron chi connectivity index (χ0n) is 13.1. The maximum atomic E-state index is 5.64. The van der Waals surface area contributed by atoms with Crippen LogP contribution in [-0.4, -0.2) is 33.9 Å². The Balaban J connectivity index is 1.61. The van der Waals surface area contributed by atoms with Crippen molar-refractivity contribution in [1.29, 1.82) is 0 Å². The van der Waals surface area contributed by atoms with Crippen LogP contribution in [0.2, 0.25) is 0 Å². The van der Waals surface area contributed by atoms with Crippen molar-refractivity contribution in [2.45, 2.75) is 32.2 Å². The van der Waals surface area contributed by atoms with Crippen LogP contribution < -0.4 is 10.2 Å². The van der Waals surface area contributed by atoms with Gasteiger partial charge in [-0.1, -0.05) is 12.1 Å². The number of ether oxygens (including phenoxy) is 1. The molecule has 2 rings (SSSR count). The zero-order valence-corrected chi connectivity index (χ0v) is 13.1. The zero-order chi connectivity index (χ0) is 14.4. The van der Waals surface area contributed by atoms with Gasteiger partial charge in [0.2, 0.25) is 0 Å². The summed E-state index contributed by atoms with van der Waals surface area (Å²) >= 11 is 0. The summed E-state index contributed by atoms with van der Waals surface area (Å²) in [7, 11) is 4.14. The summed E-state index contributed by atoms with van der Waals surface area (Å²) in [5.74, 6) is 0.872. The van der Waals surface area contributed by atoms with E-state index < -0.39 is 0 Å². The van der Waals surface area contributed by atoms with E-state index in [1.54, 1.807) is 0 Å². The van der Waals surface area contributed by atoms with Crippen LogP contribution in [-0.2, 0) is 4.74 Å². The average Bonchev–Trinajstić information content (AvgIpc) is 3.26. The van der Waals surface area contributed by atoms with Crippen LogP contribution in [0.15, 0.2) is 24.3 Å². The van der Waals surface area contributed by atoms with Gasteiger partial charge in [-0.05, 0) is 56.3 Å². The van der Waals surface area contributed by atoms with E-state index in [4.69, 9.17) is 4.74 Å². The molecule has 0 spiro atoms. The van der Waals surface area contributed by atoms with Crippen molar-refractivity contribution >= 4 is 5.69 Å². The second kappa shape index (κ2) is 7.65. The molecule has 3 nitrogen and oxygen atoms in total. The van der Waals surface area contributed by atoms with Crippen LogP contribution in [0.4, 0.5) is 5.69 Å². The van der Waals surface area contributed by atoms with Crippen molar-refractivity contribution in [3.63, 3.8) is 0 Å². The van der Waals surface area contributed by atoms with Gasteiger partial charge in [-0.15, -0.1) is 0 Å². The minimum absolute atomic E-state index is 0.398. The quantitative estimate of drug-likeness (QED) is 0.701. The van der Waals surface area contributed by atoms with Crippen molar-refractivity contribution in [3.8, 4) is 0 Å². The predicted octanol–water partition coefficient (Wildman–Crippen LogP) is 3.22. The van der Waals surface area contributed by atoms with Crippen LogP contribution in [0.1, 0.15) is 37.8 Å². The van der Waals surface area contributed by atoms with Gasteiger partial charge >= 0.3 is 0 Å². The Morgan fingerprint density at radius 3 is 2.55 bits per heavy atom. The first-order chi connectivity index (χ1) is 9.66. The molecular formula is C17H28N2O. The Labute approximate surface area is 123 Å². The summed E-state index contributed by atoms with van der Waals surface area (Å²) in [5, 5.41) is 3.56. The Kier molecular flexibility index (Phi) is 5.86. The number of nitrogens with one attached hydrogen (secondary N) is 1. The number of benzene rings is 1. The van der Waals surface area contributed by atoms with Gasteiger partial charge in [-0.3, -0.25) is 0 Å². The van der Waals surface area contributed by atoms with Gasteiger partial charge in [0.1, 0.15) is 0 Å². The van der Waals surface area contributed by atoms with Crippen LogP contribution in [0.3, 0.4) is 0 Å². The number of rotatable bonds is 9. The maximum Gasteiger partial charge on any atom is 0.0494 e. The highest BCUT2D eigenvalue weighted by atomic mass is 16.5. The molecule has 0 saturated heterocycles. The number of nitrogens with zero attached hydrogens (tertiary/aromatic N) is 1. The van der Waals surface area contributed by atoms with Gasteiger partial charge in [0.15, 0.2) is 0 Å². The van der Waals surface area contributed by atoms with Crippen molar-refractivity contribution in [1.82, 2.24) is 5.32 Å². The van der Waals surface area contributed by atoms with E-state index in [0.29, 0.717) is 6.04 Å². The molecule has 1 fully saturated rings. The molecule has 0 bridgehead atoms. The van der Waals surface area contributed by atoms with E-state index in [2.05, 4.69) is 55.5 Å². The van der Waals surface area contributed by atoms with E-state index in [9.17, 15) is 0 Å². The van der Waals surface area contributed by atoms with E-state index in [1.807, 2.05) is 0 Å². The number of hydrogen-bond donors (Lipinski definition) is 1. The minimum Gasteiger partial charge on any atom is -0.381 e. The summed E-state index contributed by atoms with van der Waals surface area (Å²) in [6, 6.07) is 9.15. The lowest BCUT2D eigenvalue weighted by atomic mass is 10.1. The largest absolute Gasteiger partial charge is 0.381 e. The van der Waals surface area contributed by atoms with Crippen LogP contribution in [0.25, 0.3) is 0 Å². The highest BCUT2D eigenvalue weighted by Gasteiger charge is 2.20. The van der Waals surface area contributed by atoms with Crippen LogP contribution >= 0.6 is 0 Å². The Bertz CT molecular complexity index is 384. The average molecular weight is 276 g/mol. The molecule has 1 N–H and O–H groups in total. The lowest BCUT2D eigenvalue weighted by Gasteiger charge is -2.17. The lowest BCUT2D eigenvalue weighted by molar-refractivity contribution is 0.121. The van der Waals surface area contributed by atoms with Crippen LogP contribution in [0.5, 0.6) is 0 Å². The molecule has 0 aromatic heterocycles. The van der Waals surface area contributed by atoms with Crippen molar-refractivity contribution < 1.29 is 4.74 Å². The molecule has 0 heterocycles. The smallest absolute Gasteiger partial charge is 0.0494 e. The maximum absolute atomic E-state index is 5.64. The fourth-order valence-corrected chi connectivity index (χ4v) is 2.21. The Morgan fingerprint density at radius 2 is 1.95 bits per heavy atom. The molecular weight excluding hydrogens is 248 g/mol. The monoisotopic (exact) mass is 276 g/mol. The van der Waals surface area contributed by atoms with E-state index in [0.717, 1.165) is 32.1 Å². The van der Waals surface area contributed by atoms with Crippen molar-refractivity contribution in [2.75, 3.05) is 38.8 Å². The molecule has 0 aliphatic heterocycles. The van der Waals surface area contributed by atoms with Gasteiger partial charge in [-0.2, -0.15) is 0 Å². The fraction of sp³-hybridized carbons (Fsp3) is 0.647. The molecule has 1 aliphatic rings. The van der Waals surface area contributed by atoms with Gasteiger partial charge in [0, 0.05) is 39.0 Å². The summed E-state index contributed by atoms with van der Waals surface area (Å²) in [5.41, 5.74) is 2.59. The summed E-state index contributed by atoms with van der Waals surface area (Å²) in [6.07, 6.45) is 3.84. The third kappa shape index (κ3) is 5.14. The molecule has 112 valence electrons. The molecule has 1 aromatic rings. The van der Waals surface area contributed by atoms with Gasteiger partial charge < -0.3 is 15.0 Å². The van der Waals surface area contributed by atoms with Crippen molar-refractivity contribution in [3.05, 3.63) is 29.8 Å². The standard InChI is InChI=1S/C17H28N2O/c1-14(16-7-9-17(10-8-16)19(2)3)18-11-4-12-20-13-15-5-6-15/h7-10,14-15,18H,4-6,11-13H2,1-3H3. The molecule has 1 saturated carbocycles. The number of anilines is 1. The highest BCUT2D eigenvalue weighted by molar-refractivity contribution is 5.46. The van der Waals surface area contributed by atoms with Gasteiger partial charge in [0.05, 0.1) is 0 Å². The molecule has 3 heteroatoms. The highest BCUT2D eigenvalue weighted by Crippen LogP contribution is 2.28. The van der Waals surface area contributed by atoms with Crippen LogP contribution in [0, 0.1) is 5.92 Å². The SMILES string of the molecule is CC(NCCCOCC1CC1)c1ccc(N(C)C)cc1. The van der Waals surface area contributed by atoms with Gasteiger partial charge in [-0.25, -0.2) is 0 Å². The topological polar surface area (TPSA) is 24.5 Å². The molecule has 1 unspecified atom stereocenters. The summed E-state index contributed by atoms with van der Waals surface area (Å²) in [6.45, 7) is 5.09. The first-order valence-corrected chi connectivity index (χ1v) is 7.75. The third-order valence-electron chi connectivity index (χ3n) is 3.88. The normalized spacial score (nSPS) is 16.1. The summed E-state index contributed by atoms with van der Waals surface area (Å²) < 4.78 is 5.64. The third-order valence-corrected chi connectivity index (χ3v) is 3.88. The molecule has 1 atom stereocenters. The Hall–Kier alpha value is -1.06. The summed E-state index contributed by atoms with van der Waals surface area (Å²) in [4.78, 5) is 2.12. The van der Waals surface area contributed by atoms with Crippen molar-refractivity contribution in [2.24, 2.45) is 5.92 Å². The minimum atomic E-state index is 0.398. The van der Waals surface area contributed by atoms with E-state index >= 15 is 0 Å². The fourth-order valence-electron chi connectivity index (χ4n) is 2.21. The van der Waals surface area contributed by atoms with Gasteiger partial charge in [0.25, 0.3) is 0 Å². The lowest BCUT2D eigenvalue weighted by Crippen LogP contribution is -2.21. The molecule has 1 aliphatic carbocycles. The predicted molar refractivity (Wildman–Crippen MR) is 85.3 cm³/mol. The molecule has 1 aromatic carbocycles. The Morgan fingerprint density at radius 1 is 1.25 bits per heavy atom. The first kappa shape index (κ1) is 15.3. The van der Waals surface area contributed by atoms with E-state index in [-0.39, 0.29) is 0 Å². The number of hydrogen-bond acceptors (Lipinski definition) is 3.